The normalized spacial score (nSPS) is 21.5. The number of rotatable bonds is 8. The van der Waals surface area contributed by atoms with Gasteiger partial charge in [-0.3, -0.25) is 9.59 Å². The maximum absolute atomic E-state index is 13.6. The van der Waals surface area contributed by atoms with E-state index in [1.54, 1.807) is 24.3 Å². The molecule has 4 atom stereocenters. The number of amides is 2. The zero-order valence-corrected chi connectivity index (χ0v) is 24.9. The number of carbonyl (C=O) groups is 2. The van der Waals surface area contributed by atoms with Crippen LogP contribution in [0.15, 0.2) is 71.3 Å². The molecule has 4 N–H and O–H groups in total. The lowest BCUT2D eigenvalue weighted by atomic mass is 9.68. The Bertz CT molecular complexity index is 1750. The SMILES string of the molecule is C/C(=C\c1ccc(O)c2ccccc12)CC[C@@H](O)C1=C(CO)C[C@H]2C(=O)N(c3cc(C(F)(F)F)cc(C(F)(F)F)c3)C(=O)[C@H]2[C@H]1CO. The van der Waals surface area contributed by atoms with E-state index >= 15 is 0 Å². The summed E-state index contributed by atoms with van der Waals surface area (Å²) in [5.74, 6) is -5.96. The summed E-state index contributed by atoms with van der Waals surface area (Å²) >= 11 is 0. The second kappa shape index (κ2) is 12.8. The standard InChI is InChI=1S/C34H31F6NO6/c1-17(10-18-7-9-27(44)24-5-3-2-4-23(18)24)6-8-28(45)29-19(15-42)11-25-30(26(29)16-43)32(47)41(31(25)46)22-13-20(33(35,36)37)12-21(14-22)34(38,39)40/h2-5,7,9-10,12-14,25-26,28,30,42-45H,6,8,11,15-16H2,1H3/b17-10+/t25-,26+,28-,30-/m1/s1. The number of fused-ring (bicyclic) bond motifs is 2. The highest BCUT2D eigenvalue weighted by molar-refractivity contribution is 6.22. The molecule has 5 rings (SSSR count). The van der Waals surface area contributed by atoms with Crippen LogP contribution < -0.4 is 4.90 Å². The Morgan fingerprint density at radius 1 is 0.936 bits per heavy atom. The van der Waals surface area contributed by atoms with Crippen molar-refractivity contribution in [1.29, 1.82) is 0 Å². The maximum Gasteiger partial charge on any atom is 0.416 e. The molecule has 0 unspecified atom stereocenters. The molecule has 2 amide bonds. The van der Waals surface area contributed by atoms with E-state index in [0.717, 1.165) is 16.5 Å². The topological polar surface area (TPSA) is 118 Å². The lowest BCUT2D eigenvalue weighted by Gasteiger charge is -2.36. The molecule has 0 bridgehead atoms. The second-order valence-electron chi connectivity index (χ2n) is 11.9. The Kier molecular flexibility index (Phi) is 9.28. The van der Waals surface area contributed by atoms with Gasteiger partial charge in [-0.25, -0.2) is 4.90 Å². The maximum atomic E-state index is 13.6. The summed E-state index contributed by atoms with van der Waals surface area (Å²) in [6, 6.07) is 11.0. The molecule has 1 aliphatic carbocycles. The number of aromatic hydroxyl groups is 1. The van der Waals surface area contributed by atoms with Gasteiger partial charge in [-0.15, -0.1) is 0 Å². The van der Waals surface area contributed by atoms with Gasteiger partial charge in [-0.1, -0.05) is 42.0 Å². The third-order valence-electron chi connectivity index (χ3n) is 8.91. The van der Waals surface area contributed by atoms with E-state index < -0.39 is 78.1 Å². The van der Waals surface area contributed by atoms with Gasteiger partial charge in [0.2, 0.25) is 11.8 Å². The number of phenols is 1. The van der Waals surface area contributed by atoms with Crippen molar-refractivity contribution >= 4 is 34.4 Å². The Balaban J connectivity index is 1.43. The van der Waals surface area contributed by atoms with Gasteiger partial charge in [0.05, 0.1) is 48.0 Å². The van der Waals surface area contributed by atoms with Gasteiger partial charge < -0.3 is 20.4 Å². The zero-order valence-electron chi connectivity index (χ0n) is 24.9. The largest absolute Gasteiger partial charge is 0.507 e. The first-order valence-electron chi connectivity index (χ1n) is 14.7. The minimum Gasteiger partial charge on any atom is -0.507 e. The predicted octanol–water partition coefficient (Wildman–Crippen LogP) is 6.23. The average Bonchev–Trinajstić information content (AvgIpc) is 3.28. The third-order valence-corrected chi connectivity index (χ3v) is 8.91. The van der Waals surface area contributed by atoms with E-state index in [1.165, 1.54) is 0 Å². The van der Waals surface area contributed by atoms with Gasteiger partial charge in [-0.05, 0) is 72.5 Å². The predicted molar refractivity (Wildman–Crippen MR) is 160 cm³/mol. The first-order valence-corrected chi connectivity index (χ1v) is 14.7. The average molecular weight is 664 g/mol. The van der Waals surface area contributed by atoms with Crippen LogP contribution in [0.5, 0.6) is 5.75 Å². The molecule has 1 saturated heterocycles. The highest BCUT2D eigenvalue weighted by Crippen LogP contribution is 2.48. The smallest absolute Gasteiger partial charge is 0.416 e. The van der Waals surface area contributed by atoms with Crippen LogP contribution in [0.1, 0.15) is 42.9 Å². The molecular weight excluding hydrogens is 632 g/mol. The molecule has 13 heteroatoms. The third kappa shape index (κ3) is 6.52. The van der Waals surface area contributed by atoms with Gasteiger partial charge in [0.15, 0.2) is 0 Å². The number of nitrogens with zero attached hydrogens (tertiary/aromatic N) is 1. The molecule has 1 aliphatic heterocycles. The van der Waals surface area contributed by atoms with Gasteiger partial charge >= 0.3 is 12.4 Å². The van der Waals surface area contributed by atoms with E-state index in [4.69, 9.17) is 0 Å². The number of anilines is 1. The number of allylic oxidation sites excluding steroid dienone is 1. The van der Waals surface area contributed by atoms with Crippen LogP contribution in [-0.4, -0.2) is 51.6 Å². The Labute approximate surface area is 265 Å². The van der Waals surface area contributed by atoms with Crippen molar-refractivity contribution in [3.8, 4) is 5.75 Å². The zero-order chi connectivity index (χ0) is 34.4. The number of hydrogen-bond acceptors (Lipinski definition) is 6. The Morgan fingerprint density at radius 3 is 2.13 bits per heavy atom. The molecule has 2 aliphatic rings. The van der Waals surface area contributed by atoms with E-state index in [2.05, 4.69) is 0 Å². The first kappa shape index (κ1) is 34.1. The van der Waals surface area contributed by atoms with Gasteiger partial charge in [0.25, 0.3) is 0 Å². The van der Waals surface area contributed by atoms with Crippen LogP contribution in [-0.2, 0) is 21.9 Å². The van der Waals surface area contributed by atoms with E-state index in [-0.39, 0.29) is 40.7 Å². The first-order chi connectivity index (χ1) is 22.1. The monoisotopic (exact) mass is 663 g/mol. The number of phenolic OH excluding ortho intramolecular Hbond substituents is 1. The lowest BCUT2D eigenvalue weighted by molar-refractivity contribution is -0.143. The summed E-state index contributed by atoms with van der Waals surface area (Å²) in [5, 5.41) is 43.5. The highest BCUT2D eigenvalue weighted by Gasteiger charge is 2.55. The molecule has 0 spiro atoms. The van der Waals surface area contributed by atoms with Crippen LogP contribution in [0.3, 0.4) is 0 Å². The lowest BCUT2D eigenvalue weighted by Crippen LogP contribution is -2.39. The van der Waals surface area contributed by atoms with Crippen molar-refractivity contribution in [2.75, 3.05) is 18.1 Å². The molecule has 0 saturated carbocycles. The fraction of sp³-hybridized carbons (Fsp3) is 0.353. The summed E-state index contributed by atoms with van der Waals surface area (Å²) in [7, 11) is 0. The number of benzene rings is 3. The van der Waals surface area contributed by atoms with Gasteiger partial charge in [0, 0.05) is 11.3 Å². The van der Waals surface area contributed by atoms with Crippen molar-refractivity contribution in [3.63, 3.8) is 0 Å². The Morgan fingerprint density at radius 2 is 1.55 bits per heavy atom. The quantitative estimate of drug-likeness (QED) is 0.129. The fourth-order valence-electron chi connectivity index (χ4n) is 6.72. The summed E-state index contributed by atoms with van der Waals surface area (Å²) in [5.41, 5.74) is -2.41. The fourth-order valence-corrected chi connectivity index (χ4v) is 6.72. The molecule has 7 nitrogen and oxygen atoms in total. The van der Waals surface area contributed by atoms with Crippen molar-refractivity contribution in [3.05, 3.63) is 88.0 Å². The van der Waals surface area contributed by atoms with Crippen molar-refractivity contribution in [2.24, 2.45) is 17.8 Å². The van der Waals surface area contributed by atoms with Crippen molar-refractivity contribution in [2.45, 2.75) is 44.6 Å². The molecule has 3 aromatic carbocycles. The van der Waals surface area contributed by atoms with Gasteiger partial charge in [0.1, 0.15) is 5.75 Å². The number of aliphatic hydroxyl groups is 3. The minimum absolute atomic E-state index is 0.0689. The minimum atomic E-state index is -5.22. The molecule has 0 aromatic heterocycles. The van der Waals surface area contributed by atoms with Crippen LogP contribution in [0.4, 0.5) is 32.0 Å². The highest BCUT2D eigenvalue weighted by atomic mass is 19.4. The van der Waals surface area contributed by atoms with Gasteiger partial charge in [-0.2, -0.15) is 26.3 Å². The molecule has 3 aromatic rings. The molecule has 0 radical (unpaired) electrons. The number of imide groups is 1. The number of alkyl halides is 6. The molecule has 250 valence electrons. The number of halogens is 6. The van der Waals surface area contributed by atoms with Crippen molar-refractivity contribution in [1.82, 2.24) is 0 Å². The van der Waals surface area contributed by atoms with Crippen molar-refractivity contribution < 1.29 is 56.4 Å². The number of aliphatic hydroxyl groups excluding tert-OH is 3. The summed E-state index contributed by atoms with van der Waals surface area (Å²) in [6.07, 6.45) is -9.77. The van der Waals surface area contributed by atoms with E-state index in [1.807, 2.05) is 25.1 Å². The van der Waals surface area contributed by atoms with Crippen LogP contribution in [0.25, 0.3) is 16.8 Å². The summed E-state index contributed by atoms with van der Waals surface area (Å²) in [6.45, 7) is 0.371. The molecule has 1 heterocycles. The van der Waals surface area contributed by atoms with Crippen LogP contribution >= 0.6 is 0 Å². The van der Waals surface area contributed by atoms with E-state index in [0.29, 0.717) is 23.9 Å². The molecule has 47 heavy (non-hydrogen) atoms. The number of hydrogen-bond donors (Lipinski definition) is 4. The second-order valence-corrected chi connectivity index (χ2v) is 11.9. The number of carbonyl (C=O) groups excluding carboxylic acids is 2. The molecule has 1 fully saturated rings. The Hall–Kier alpha value is -4.20. The molecular formula is C34H31F6NO6. The summed E-state index contributed by atoms with van der Waals surface area (Å²) < 4.78 is 81.2. The van der Waals surface area contributed by atoms with Crippen LogP contribution in [0.2, 0.25) is 0 Å². The van der Waals surface area contributed by atoms with Crippen LogP contribution in [0, 0.1) is 17.8 Å². The summed E-state index contributed by atoms with van der Waals surface area (Å²) in [4.78, 5) is 27.4. The van der Waals surface area contributed by atoms with E-state index in [9.17, 15) is 56.4 Å².